The molecule has 5 heteroatoms. The smallest absolute Gasteiger partial charge is 0.242 e. The number of alkyl halides is 1. The SMILES string of the molecule is O=C(CCl)N[C@H]1CCCCNC1=O. The molecule has 2 amide bonds. The number of carbonyl (C=O) groups excluding carboxylic acids is 2. The largest absolute Gasteiger partial charge is 0.354 e. The molecule has 0 aromatic heterocycles. The maximum absolute atomic E-state index is 11.3. The van der Waals surface area contributed by atoms with Crippen molar-refractivity contribution in [3.8, 4) is 0 Å². The van der Waals surface area contributed by atoms with Gasteiger partial charge in [-0.25, -0.2) is 0 Å². The highest BCUT2D eigenvalue weighted by Crippen LogP contribution is 2.04. The van der Waals surface area contributed by atoms with E-state index in [-0.39, 0.29) is 17.7 Å². The van der Waals surface area contributed by atoms with Gasteiger partial charge in [0, 0.05) is 6.54 Å². The fourth-order valence-electron chi connectivity index (χ4n) is 1.31. The molecule has 1 aliphatic rings. The summed E-state index contributed by atoms with van der Waals surface area (Å²) in [6, 6.07) is -0.395. The van der Waals surface area contributed by atoms with Gasteiger partial charge in [0.15, 0.2) is 0 Å². The van der Waals surface area contributed by atoms with E-state index in [2.05, 4.69) is 10.6 Å². The zero-order chi connectivity index (χ0) is 9.68. The zero-order valence-electron chi connectivity index (χ0n) is 7.31. The zero-order valence-corrected chi connectivity index (χ0v) is 8.06. The fraction of sp³-hybridized carbons (Fsp3) is 0.750. The van der Waals surface area contributed by atoms with E-state index >= 15 is 0 Å². The van der Waals surface area contributed by atoms with Gasteiger partial charge in [-0.15, -0.1) is 11.6 Å². The van der Waals surface area contributed by atoms with Crippen LogP contribution < -0.4 is 10.6 Å². The van der Waals surface area contributed by atoms with Crippen molar-refractivity contribution in [3.63, 3.8) is 0 Å². The Morgan fingerprint density at radius 1 is 1.62 bits per heavy atom. The number of hydrogen-bond donors (Lipinski definition) is 2. The summed E-state index contributed by atoms with van der Waals surface area (Å²) in [7, 11) is 0. The normalized spacial score (nSPS) is 23.2. The summed E-state index contributed by atoms with van der Waals surface area (Å²) in [5.41, 5.74) is 0. The topological polar surface area (TPSA) is 58.2 Å². The highest BCUT2D eigenvalue weighted by molar-refractivity contribution is 6.27. The summed E-state index contributed by atoms with van der Waals surface area (Å²) in [6.07, 6.45) is 2.62. The lowest BCUT2D eigenvalue weighted by atomic mass is 10.1. The number of hydrogen-bond acceptors (Lipinski definition) is 2. The van der Waals surface area contributed by atoms with E-state index < -0.39 is 6.04 Å². The van der Waals surface area contributed by atoms with Crippen LogP contribution in [0.15, 0.2) is 0 Å². The van der Waals surface area contributed by atoms with E-state index in [0.717, 1.165) is 12.8 Å². The predicted molar refractivity (Wildman–Crippen MR) is 49.5 cm³/mol. The van der Waals surface area contributed by atoms with Gasteiger partial charge < -0.3 is 10.6 Å². The standard InChI is InChI=1S/C8H13ClN2O2/c9-5-7(12)11-6-3-1-2-4-10-8(6)13/h6H,1-5H2,(H,10,13)(H,11,12)/t6-/m0/s1. The van der Waals surface area contributed by atoms with Crippen LogP contribution in [0.1, 0.15) is 19.3 Å². The number of nitrogens with one attached hydrogen (secondary N) is 2. The first-order chi connectivity index (χ1) is 6.24. The molecule has 13 heavy (non-hydrogen) atoms. The number of carbonyl (C=O) groups is 2. The lowest BCUT2D eigenvalue weighted by Crippen LogP contribution is -2.45. The second kappa shape index (κ2) is 5.07. The van der Waals surface area contributed by atoms with Crippen molar-refractivity contribution in [2.45, 2.75) is 25.3 Å². The van der Waals surface area contributed by atoms with Crippen LogP contribution in [0, 0.1) is 0 Å². The number of rotatable bonds is 2. The molecule has 1 aliphatic heterocycles. The Hall–Kier alpha value is -0.770. The second-order valence-electron chi connectivity index (χ2n) is 3.04. The van der Waals surface area contributed by atoms with Gasteiger partial charge in [0.2, 0.25) is 11.8 Å². The van der Waals surface area contributed by atoms with E-state index in [1.807, 2.05) is 0 Å². The monoisotopic (exact) mass is 204 g/mol. The van der Waals surface area contributed by atoms with Gasteiger partial charge in [-0.3, -0.25) is 9.59 Å². The average molecular weight is 205 g/mol. The Balaban J connectivity index is 2.45. The second-order valence-corrected chi connectivity index (χ2v) is 3.31. The van der Waals surface area contributed by atoms with Gasteiger partial charge in [0.05, 0.1) is 0 Å². The molecule has 0 unspecified atom stereocenters. The number of halogens is 1. The molecule has 1 fully saturated rings. The summed E-state index contributed by atoms with van der Waals surface area (Å²) < 4.78 is 0. The van der Waals surface area contributed by atoms with Gasteiger partial charge in [-0.2, -0.15) is 0 Å². The van der Waals surface area contributed by atoms with E-state index in [4.69, 9.17) is 11.6 Å². The van der Waals surface area contributed by atoms with Gasteiger partial charge in [0.25, 0.3) is 0 Å². The van der Waals surface area contributed by atoms with Crippen LogP contribution in [0.4, 0.5) is 0 Å². The highest BCUT2D eigenvalue weighted by atomic mass is 35.5. The first kappa shape index (κ1) is 10.3. The molecule has 0 aromatic rings. The van der Waals surface area contributed by atoms with Crippen LogP contribution in [0.5, 0.6) is 0 Å². The highest BCUT2D eigenvalue weighted by Gasteiger charge is 2.21. The third-order valence-electron chi connectivity index (χ3n) is 1.99. The van der Waals surface area contributed by atoms with E-state index in [1.165, 1.54) is 0 Å². The van der Waals surface area contributed by atoms with Crippen LogP contribution in [-0.4, -0.2) is 30.3 Å². The minimum atomic E-state index is -0.395. The van der Waals surface area contributed by atoms with Crippen LogP contribution in [0.2, 0.25) is 0 Å². The molecule has 0 saturated carbocycles. The molecule has 0 bridgehead atoms. The Bertz CT molecular complexity index is 208. The predicted octanol–water partition coefficient (Wildman–Crippen LogP) is 0.0101. The first-order valence-electron chi connectivity index (χ1n) is 4.37. The third-order valence-corrected chi connectivity index (χ3v) is 2.23. The summed E-state index contributed by atoms with van der Waals surface area (Å²) in [5, 5.41) is 5.30. The van der Waals surface area contributed by atoms with Crippen LogP contribution >= 0.6 is 11.6 Å². The average Bonchev–Trinajstić information content (AvgIpc) is 2.32. The molecular formula is C8H13ClN2O2. The van der Waals surface area contributed by atoms with Gasteiger partial charge in [0.1, 0.15) is 11.9 Å². The van der Waals surface area contributed by atoms with Crippen molar-refractivity contribution < 1.29 is 9.59 Å². The van der Waals surface area contributed by atoms with Crippen molar-refractivity contribution in [3.05, 3.63) is 0 Å². The van der Waals surface area contributed by atoms with Crippen LogP contribution in [0.3, 0.4) is 0 Å². The van der Waals surface area contributed by atoms with E-state index in [9.17, 15) is 9.59 Å². The molecule has 4 nitrogen and oxygen atoms in total. The van der Waals surface area contributed by atoms with E-state index in [0.29, 0.717) is 13.0 Å². The van der Waals surface area contributed by atoms with Crippen molar-refractivity contribution in [2.24, 2.45) is 0 Å². The quantitative estimate of drug-likeness (QED) is 0.623. The number of amides is 2. The molecule has 0 aliphatic carbocycles. The third kappa shape index (κ3) is 3.22. The molecule has 1 saturated heterocycles. The summed E-state index contributed by atoms with van der Waals surface area (Å²) in [6.45, 7) is 0.700. The maximum Gasteiger partial charge on any atom is 0.242 e. The molecule has 0 spiro atoms. The Labute approximate surface area is 82.0 Å². The molecule has 74 valence electrons. The van der Waals surface area contributed by atoms with Gasteiger partial charge in [-0.05, 0) is 19.3 Å². The van der Waals surface area contributed by atoms with Crippen molar-refractivity contribution in [1.82, 2.24) is 10.6 Å². The minimum absolute atomic E-state index is 0.0935. The van der Waals surface area contributed by atoms with Crippen molar-refractivity contribution >= 4 is 23.4 Å². The van der Waals surface area contributed by atoms with Crippen molar-refractivity contribution in [1.29, 1.82) is 0 Å². The summed E-state index contributed by atoms with van der Waals surface area (Å²) in [4.78, 5) is 22.2. The lowest BCUT2D eigenvalue weighted by molar-refractivity contribution is -0.127. The van der Waals surface area contributed by atoms with Crippen molar-refractivity contribution in [2.75, 3.05) is 12.4 Å². The molecule has 1 rings (SSSR count). The first-order valence-corrected chi connectivity index (χ1v) is 4.90. The molecular weight excluding hydrogens is 192 g/mol. The Morgan fingerprint density at radius 2 is 2.38 bits per heavy atom. The Morgan fingerprint density at radius 3 is 3.08 bits per heavy atom. The summed E-state index contributed by atoms with van der Waals surface area (Å²) in [5.74, 6) is -0.483. The van der Waals surface area contributed by atoms with Crippen LogP contribution in [0.25, 0.3) is 0 Å². The summed E-state index contributed by atoms with van der Waals surface area (Å²) >= 11 is 5.32. The minimum Gasteiger partial charge on any atom is -0.354 e. The van der Waals surface area contributed by atoms with Gasteiger partial charge in [-0.1, -0.05) is 0 Å². The van der Waals surface area contributed by atoms with Crippen LogP contribution in [-0.2, 0) is 9.59 Å². The fourth-order valence-corrected chi connectivity index (χ4v) is 1.39. The van der Waals surface area contributed by atoms with Gasteiger partial charge >= 0.3 is 0 Å². The molecule has 1 heterocycles. The Kier molecular flexibility index (Phi) is 4.02. The maximum atomic E-state index is 11.3. The lowest BCUT2D eigenvalue weighted by Gasteiger charge is -2.13. The molecule has 2 N–H and O–H groups in total. The molecule has 0 radical (unpaired) electrons. The van der Waals surface area contributed by atoms with E-state index in [1.54, 1.807) is 0 Å². The molecule has 1 atom stereocenters. The molecule has 0 aromatic carbocycles.